The van der Waals surface area contributed by atoms with Crippen molar-refractivity contribution in [3.05, 3.63) is 71.8 Å². The molecule has 0 bridgehead atoms. The molecule has 1 aliphatic rings. The largest absolute Gasteiger partial charge is 1.00 e. The lowest BCUT2D eigenvalue weighted by Gasteiger charge is -2.26. The van der Waals surface area contributed by atoms with Gasteiger partial charge in [0, 0.05) is 6.42 Å². The first-order chi connectivity index (χ1) is 12.3. The number of quaternary nitrogens is 1. The summed E-state index contributed by atoms with van der Waals surface area (Å²) in [6, 6.07) is 19.8. The Labute approximate surface area is 161 Å². The molecule has 5 heteroatoms. The fourth-order valence-corrected chi connectivity index (χ4v) is 3.17. The number of carbonyl (C=O) groups excluding carboxylic acids is 1. The molecule has 4 nitrogen and oxygen atoms in total. The summed E-state index contributed by atoms with van der Waals surface area (Å²) < 4.78 is 11.3. The fraction of sp³-hybridized carbons (Fsp3) is 0.381. The summed E-state index contributed by atoms with van der Waals surface area (Å²) in [5, 5.41) is 0. The summed E-state index contributed by atoms with van der Waals surface area (Å²) >= 11 is 0. The highest BCUT2D eigenvalue weighted by atomic mass is 35.5. The van der Waals surface area contributed by atoms with Crippen LogP contribution in [0.1, 0.15) is 23.7 Å². The normalized spacial score (nSPS) is 15.7. The van der Waals surface area contributed by atoms with Crippen LogP contribution in [0.5, 0.6) is 0 Å². The first kappa shape index (κ1) is 20.4. The van der Waals surface area contributed by atoms with Gasteiger partial charge in [-0.05, 0) is 11.1 Å². The second-order valence-electron chi connectivity index (χ2n) is 6.45. The van der Waals surface area contributed by atoms with Gasteiger partial charge in [-0.1, -0.05) is 60.7 Å². The van der Waals surface area contributed by atoms with Crippen LogP contribution >= 0.6 is 0 Å². The van der Waals surface area contributed by atoms with E-state index in [9.17, 15) is 4.79 Å². The van der Waals surface area contributed by atoms with Crippen LogP contribution in [0.3, 0.4) is 0 Å². The van der Waals surface area contributed by atoms with Gasteiger partial charge in [-0.15, -0.1) is 0 Å². The van der Waals surface area contributed by atoms with Crippen molar-refractivity contribution in [2.75, 3.05) is 32.8 Å². The molecular weight excluding hydrogens is 350 g/mol. The first-order valence-corrected chi connectivity index (χ1v) is 9.01. The van der Waals surface area contributed by atoms with Crippen LogP contribution < -0.4 is 17.3 Å². The van der Waals surface area contributed by atoms with Gasteiger partial charge >= 0.3 is 5.97 Å². The maximum Gasteiger partial charge on any atom is 0.310 e. The smallest absolute Gasteiger partial charge is 0.310 e. The first-order valence-electron chi connectivity index (χ1n) is 9.01. The number of halogens is 1. The number of hydrogen-bond acceptors (Lipinski definition) is 3. The average Bonchev–Trinajstić information content (AvgIpc) is 2.67. The van der Waals surface area contributed by atoms with Crippen LogP contribution in [0.4, 0.5) is 0 Å². The van der Waals surface area contributed by atoms with Gasteiger partial charge in [-0.25, -0.2) is 0 Å². The van der Waals surface area contributed by atoms with E-state index in [1.807, 2.05) is 60.7 Å². The number of morpholine rings is 1. The van der Waals surface area contributed by atoms with Crippen molar-refractivity contribution in [3.63, 3.8) is 0 Å². The molecule has 26 heavy (non-hydrogen) atoms. The molecule has 140 valence electrons. The number of esters is 1. The van der Waals surface area contributed by atoms with Crippen molar-refractivity contribution in [1.29, 1.82) is 0 Å². The number of rotatable bonds is 7. The molecule has 0 aromatic heterocycles. The molecule has 1 fully saturated rings. The van der Waals surface area contributed by atoms with E-state index < -0.39 is 0 Å². The number of benzene rings is 2. The highest BCUT2D eigenvalue weighted by molar-refractivity contribution is 5.72. The predicted molar refractivity (Wildman–Crippen MR) is 96.4 cm³/mol. The van der Waals surface area contributed by atoms with E-state index in [1.54, 1.807) is 0 Å². The standard InChI is InChI=1S/C21H25NO3.ClH/c23-21(17-18-7-3-1-4-8-18)25-20(19-9-5-2-6-10-19)11-12-22-13-15-24-16-14-22;/h1-10,20H,11-17H2;1H. The molecule has 2 aromatic carbocycles. The van der Waals surface area contributed by atoms with Crippen molar-refractivity contribution in [3.8, 4) is 0 Å². The minimum absolute atomic E-state index is 0. The van der Waals surface area contributed by atoms with Gasteiger partial charge in [0.1, 0.15) is 19.2 Å². The molecule has 2 aromatic rings. The Balaban J connectivity index is 0.00000243. The van der Waals surface area contributed by atoms with Gasteiger partial charge in [-0.2, -0.15) is 0 Å². The Hall–Kier alpha value is -1.88. The summed E-state index contributed by atoms with van der Waals surface area (Å²) in [7, 11) is 0. The molecule has 1 atom stereocenters. The molecule has 1 unspecified atom stereocenters. The summed E-state index contributed by atoms with van der Waals surface area (Å²) in [6.07, 6.45) is 0.960. The Bertz CT molecular complexity index is 645. The van der Waals surface area contributed by atoms with Crippen LogP contribution in [0.15, 0.2) is 60.7 Å². The number of ether oxygens (including phenoxy) is 2. The third kappa shape index (κ3) is 6.45. The van der Waals surface area contributed by atoms with E-state index in [2.05, 4.69) is 0 Å². The Morgan fingerprint density at radius 2 is 1.62 bits per heavy atom. The third-order valence-electron chi connectivity index (χ3n) is 4.60. The summed E-state index contributed by atoms with van der Waals surface area (Å²) in [4.78, 5) is 13.9. The molecular formula is C21H26ClNO3. The minimum Gasteiger partial charge on any atom is -1.00 e. The molecule has 1 N–H and O–H groups in total. The maximum atomic E-state index is 12.4. The van der Waals surface area contributed by atoms with Gasteiger partial charge in [-0.3, -0.25) is 4.79 Å². The maximum absolute atomic E-state index is 12.4. The van der Waals surface area contributed by atoms with E-state index >= 15 is 0 Å². The summed E-state index contributed by atoms with van der Waals surface area (Å²) in [5.74, 6) is -0.169. The molecule has 0 radical (unpaired) electrons. The quantitative estimate of drug-likeness (QED) is 0.620. The zero-order valence-corrected chi connectivity index (χ0v) is 15.7. The lowest BCUT2D eigenvalue weighted by molar-refractivity contribution is -0.908. The van der Waals surface area contributed by atoms with Crippen LogP contribution in [0, 0.1) is 0 Å². The topological polar surface area (TPSA) is 40.0 Å². The van der Waals surface area contributed by atoms with Crippen molar-refractivity contribution >= 4 is 5.97 Å². The minimum atomic E-state index is -0.187. The second kappa shape index (κ2) is 11.0. The molecule has 0 amide bonds. The van der Waals surface area contributed by atoms with Crippen molar-refractivity contribution in [1.82, 2.24) is 0 Å². The van der Waals surface area contributed by atoms with Gasteiger partial charge in [0.2, 0.25) is 0 Å². The molecule has 0 aliphatic carbocycles. The van der Waals surface area contributed by atoms with E-state index in [0.29, 0.717) is 6.42 Å². The van der Waals surface area contributed by atoms with Crippen LogP contribution in [0.25, 0.3) is 0 Å². The van der Waals surface area contributed by atoms with Gasteiger partial charge < -0.3 is 26.8 Å². The Morgan fingerprint density at radius 3 is 2.27 bits per heavy atom. The second-order valence-corrected chi connectivity index (χ2v) is 6.45. The van der Waals surface area contributed by atoms with Crippen molar-refractivity contribution < 1.29 is 31.6 Å². The molecule has 0 spiro atoms. The summed E-state index contributed by atoms with van der Waals surface area (Å²) in [5.41, 5.74) is 2.05. The van der Waals surface area contributed by atoms with Crippen LogP contribution in [-0.2, 0) is 20.7 Å². The molecule has 1 saturated heterocycles. The van der Waals surface area contributed by atoms with Gasteiger partial charge in [0.05, 0.1) is 26.2 Å². The van der Waals surface area contributed by atoms with E-state index in [1.165, 1.54) is 4.90 Å². The molecule has 1 heterocycles. The highest BCUT2D eigenvalue weighted by Gasteiger charge is 2.21. The predicted octanol–water partition coefficient (Wildman–Crippen LogP) is -1.18. The number of nitrogens with one attached hydrogen (secondary N) is 1. The van der Waals surface area contributed by atoms with Crippen LogP contribution in [-0.4, -0.2) is 38.8 Å². The van der Waals surface area contributed by atoms with Crippen molar-refractivity contribution in [2.24, 2.45) is 0 Å². The van der Waals surface area contributed by atoms with Gasteiger partial charge in [0.25, 0.3) is 0 Å². The van der Waals surface area contributed by atoms with E-state index in [0.717, 1.165) is 50.4 Å². The van der Waals surface area contributed by atoms with Gasteiger partial charge in [0.15, 0.2) is 0 Å². The molecule has 0 saturated carbocycles. The number of carbonyl (C=O) groups is 1. The number of hydrogen-bond donors (Lipinski definition) is 1. The van der Waals surface area contributed by atoms with E-state index in [-0.39, 0.29) is 24.5 Å². The lowest BCUT2D eigenvalue weighted by atomic mass is 10.1. The third-order valence-corrected chi connectivity index (χ3v) is 4.60. The zero-order chi connectivity index (χ0) is 17.3. The average molecular weight is 376 g/mol. The monoisotopic (exact) mass is 375 g/mol. The van der Waals surface area contributed by atoms with Crippen molar-refractivity contribution in [2.45, 2.75) is 18.9 Å². The Kier molecular flexibility index (Phi) is 8.62. The fourth-order valence-electron chi connectivity index (χ4n) is 3.17. The summed E-state index contributed by atoms with van der Waals surface area (Å²) in [6.45, 7) is 4.68. The van der Waals surface area contributed by atoms with E-state index in [4.69, 9.17) is 9.47 Å². The molecule has 3 rings (SSSR count). The van der Waals surface area contributed by atoms with Crippen LogP contribution in [0.2, 0.25) is 0 Å². The highest BCUT2D eigenvalue weighted by Crippen LogP contribution is 2.21. The lowest BCUT2D eigenvalue weighted by Crippen LogP contribution is -3.14. The molecule has 1 aliphatic heterocycles. The zero-order valence-electron chi connectivity index (χ0n) is 14.9. The Morgan fingerprint density at radius 1 is 1.00 bits per heavy atom. The SMILES string of the molecule is O=C(Cc1ccccc1)OC(CC[NH+]1CCOCC1)c1ccccc1.[Cl-].